The molecule has 4 heteroatoms. The highest BCUT2D eigenvalue weighted by Gasteiger charge is 2.28. The fourth-order valence-electron chi connectivity index (χ4n) is 2.27. The van der Waals surface area contributed by atoms with Crippen LogP contribution in [0.5, 0.6) is 0 Å². The first-order valence-electron chi connectivity index (χ1n) is 6.43. The second-order valence-corrected chi connectivity index (χ2v) is 5.87. The Kier molecular flexibility index (Phi) is 5.06. The molecule has 1 rings (SSSR count). The lowest BCUT2D eigenvalue weighted by Crippen LogP contribution is -2.50. The number of benzene rings is 1. The quantitative estimate of drug-likeness (QED) is 0.891. The van der Waals surface area contributed by atoms with Gasteiger partial charge in [-0.05, 0) is 51.8 Å². The molecule has 0 aromatic heterocycles. The van der Waals surface area contributed by atoms with E-state index >= 15 is 0 Å². The molecule has 1 aromatic rings. The number of carbonyl (C=O) groups is 1. The molecule has 0 spiro atoms. The summed E-state index contributed by atoms with van der Waals surface area (Å²) in [7, 11) is 0. The van der Waals surface area contributed by atoms with Crippen molar-refractivity contribution in [1.29, 1.82) is 0 Å². The van der Waals surface area contributed by atoms with E-state index in [-0.39, 0.29) is 23.9 Å². The largest absolute Gasteiger partial charge is 0.480 e. The average molecular weight is 267 g/mol. The Morgan fingerprint density at radius 3 is 2.26 bits per heavy atom. The second-order valence-electron chi connectivity index (χ2n) is 5.87. The van der Waals surface area contributed by atoms with Crippen molar-refractivity contribution < 1.29 is 14.3 Å². The smallest absolute Gasteiger partial charge is 0.317 e. The number of hydrogen-bond donors (Lipinski definition) is 1. The number of nitrogens with zero attached hydrogens (tertiary/aromatic N) is 1. The number of halogens is 1. The molecule has 0 aliphatic heterocycles. The minimum atomic E-state index is -0.833. The van der Waals surface area contributed by atoms with Gasteiger partial charge in [0, 0.05) is 11.6 Å². The maximum Gasteiger partial charge on any atom is 0.317 e. The molecule has 0 radical (unpaired) electrons. The summed E-state index contributed by atoms with van der Waals surface area (Å²) in [5.74, 6) is -1.09. The van der Waals surface area contributed by atoms with E-state index in [0.717, 1.165) is 5.56 Å². The van der Waals surface area contributed by atoms with E-state index in [1.165, 1.54) is 12.1 Å². The standard InChI is InChI=1S/C15H22FNO2/c1-11(9-12-5-7-13(16)8-6-12)17(10-14(18)19)15(2,3)4/h5-8,11H,9-10H2,1-4H3,(H,18,19). The highest BCUT2D eigenvalue weighted by Crippen LogP contribution is 2.19. The maximum atomic E-state index is 12.9. The van der Waals surface area contributed by atoms with Crippen molar-refractivity contribution in [2.75, 3.05) is 6.54 Å². The molecule has 0 amide bonds. The van der Waals surface area contributed by atoms with Gasteiger partial charge in [-0.3, -0.25) is 9.69 Å². The summed E-state index contributed by atoms with van der Waals surface area (Å²) in [6, 6.07) is 6.42. The Morgan fingerprint density at radius 1 is 1.32 bits per heavy atom. The van der Waals surface area contributed by atoms with Gasteiger partial charge in [-0.1, -0.05) is 12.1 Å². The summed E-state index contributed by atoms with van der Waals surface area (Å²) in [5, 5.41) is 9.01. The Labute approximate surface area is 114 Å². The Hall–Kier alpha value is -1.42. The van der Waals surface area contributed by atoms with Gasteiger partial charge in [-0.2, -0.15) is 0 Å². The first kappa shape index (κ1) is 15.6. The average Bonchev–Trinajstić information content (AvgIpc) is 2.27. The third kappa shape index (κ3) is 4.99. The molecular weight excluding hydrogens is 245 g/mol. The Balaban J connectivity index is 2.79. The molecule has 0 aliphatic rings. The lowest BCUT2D eigenvalue weighted by atomic mass is 9.99. The Morgan fingerprint density at radius 2 is 1.84 bits per heavy atom. The number of carboxylic acids is 1. The SMILES string of the molecule is CC(Cc1ccc(F)cc1)N(CC(=O)O)C(C)(C)C. The van der Waals surface area contributed by atoms with Gasteiger partial charge < -0.3 is 5.11 Å². The number of carboxylic acid groups (broad SMARTS) is 1. The van der Waals surface area contributed by atoms with Gasteiger partial charge in [-0.15, -0.1) is 0 Å². The number of rotatable bonds is 5. The monoisotopic (exact) mass is 267 g/mol. The molecule has 1 atom stereocenters. The minimum Gasteiger partial charge on any atom is -0.480 e. The molecule has 0 fully saturated rings. The van der Waals surface area contributed by atoms with E-state index in [9.17, 15) is 9.18 Å². The van der Waals surface area contributed by atoms with Crippen molar-refractivity contribution >= 4 is 5.97 Å². The van der Waals surface area contributed by atoms with Crippen LogP contribution in [0.1, 0.15) is 33.3 Å². The van der Waals surface area contributed by atoms with Crippen molar-refractivity contribution in [3.63, 3.8) is 0 Å². The van der Waals surface area contributed by atoms with Crippen LogP contribution in [0.4, 0.5) is 4.39 Å². The van der Waals surface area contributed by atoms with Gasteiger partial charge >= 0.3 is 5.97 Å². The molecule has 0 saturated carbocycles. The molecule has 1 unspecified atom stereocenters. The summed E-state index contributed by atoms with van der Waals surface area (Å²) in [6.07, 6.45) is 0.699. The van der Waals surface area contributed by atoms with Crippen LogP contribution in [0, 0.1) is 5.82 Å². The molecule has 3 nitrogen and oxygen atoms in total. The van der Waals surface area contributed by atoms with Crippen LogP contribution < -0.4 is 0 Å². The predicted molar refractivity (Wildman–Crippen MR) is 73.7 cm³/mol. The summed E-state index contributed by atoms with van der Waals surface area (Å²) in [5.41, 5.74) is 0.784. The fourth-order valence-corrected chi connectivity index (χ4v) is 2.27. The van der Waals surface area contributed by atoms with Gasteiger partial charge in [0.1, 0.15) is 5.82 Å². The van der Waals surface area contributed by atoms with E-state index in [4.69, 9.17) is 5.11 Å². The van der Waals surface area contributed by atoms with Crippen LogP contribution in [0.15, 0.2) is 24.3 Å². The van der Waals surface area contributed by atoms with E-state index in [1.54, 1.807) is 12.1 Å². The first-order valence-corrected chi connectivity index (χ1v) is 6.43. The summed E-state index contributed by atoms with van der Waals surface area (Å²) < 4.78 is 12.9. The van der Waals surface area contributed by atoms with Crippen molar-refractivity contribution in [1.82, 2.24) is 4.90 Å². The van der Waals surface area contributed by atoms with E-state index in [0.29, 0.717) is 6.42 Å². The second kappa shape index (κ2) is 6.15. The lowest BCUT2D eigenvalue weighted by Gasteiger charge is -2.39. The van der Waals surface area contributed by atoms with Crippen LogP contribution in [-0.4, -0.2) is 34.1 Å². The van der Waals surface area contributed by atoms with Crippen LogP contribution in [-0.2, 0) is 11.2 Å². The zero-order valence-electron chi connectivity index (χ0n) is 12.0. The summed E-state index contributed by atoms with van der Waals surface area (Å²) in [6.45, 7) is 7.99. The van der Waals surface area contributed by atoms with Gasteiger partial charge in [0.15, 0.2) is 0 Å². The normalized spacial score (nSPS) is 13.6. The number of hydrogen-bond acceptors (Lipinski definition) is 2. The van der Waals surface area contributed by atoms with E-state index < -0.39 is 5.97 Å². The molecule has 1 N–H and O–H groups in total. The van der Waals surface area contributed by atoms with Crippen molar-refractivity contribution in [3.8, 4) is 0 Å². The van der Waals surface area contributed by atoms with Crippen LogP contribution in [0.25, 0.3) is 0 Å². The third-order valence-electron chi connectivity index (χ3n) is 3.14. The van der Waals surface area contributed by atoms with Crippen LogP contribution >= 0.6 is 0 Å². The predicted octanol–water partition coefficient (Wildman–Crippen LogP) is 2.94. The van der Waals surface area contributed by atoms with Crippen LogP contribution in [0.3, 0.4) is 0 Å². The molecule has 0 bridgehead atoms. The molecule has 0 heterocycles. The van der Waals surface area contributed by atoms with E-state index in [2.05, 4.69) is 0 Å². The highest BCUT2D eigenvalue weighted by atomic mass is 19.1. The molecule has 19 heavy (non-hydrogen) atoms. The zero-order chi connectivity index (χ0) is 14.6. The topological polar surface area (TPSA) is 40.5 Å². The van der Waals surface area contributed by atoms with Crippen molar-refractivity contribution in [2.45, 2.75) is 45.7 Å². The minimum absolute atomic E-state index is 0.00581. The van der Waals surface area contributed by atoms with Crippen LogP contribution in [0.2, 0.25) is 0 Å². The third-order valence-corrected chi connectivity index (χ3v) is 3.14. The maximum absolute atomic E-state index is 12.9. The highest BCUT2D eigenvalue weighted by molar-refractivity contribution is 5.69. The Bertz CT molecular complexity index is 423. The van der Waals surface area contributed by atoms with Gasteiger partial charge in [-0.25, -0.2) is 4.39 Å². The summed E-state index contributed by atoms with van der Waals surface area (Å²) >= 11 is 0. The fraction of sp³-hybridized carbons (Fsp3) is 0.533. The van der Waals surface area contributed by atoms with Gasteiger partial charge in [0.25, 0.3) is 0 Å². The van der Waals surface area contributed by atoms with Crippen molar-refractivity contribution in [2.24, 2.45) is 0 Å². The number of aliphatic carboxylic acids is 1. The van der Waals surface area contributed by atoms with Gasteiger partial charge in [0.05, 0.1) is 6.54 Å². The summed E-state index contributed by atoms with van der Waals surface area (Å²) in [4.78, 5) is 12.9. The van der Waals surface area contributed by atoms with Gasteiger partial charge in [0.2, 0.25) is 0 Å². The molecule has 0 saturated heterocycles. The van der Waals surface area contributed by atoms with E-state index in [1.807, 2.05) is 32.6 Å². The molecule has 0 aliphatic carbocycles. The molecular formula is C15H22FNO2. The molecule has 106 valence electrons. The lowest BCUT2D eigenvalue weighted by molar-refractivity contribution is -0.140. The first-order chi connectivity index (χ1) is 8.70. The zero-order valence-corrected chi connectivity index (χ0v) is 12.0. The molecule has 1 aromatic carbocycles. The van der Waals surface area contributed by atoms with Crippen molar-refractivity contribution in [3.05, 3.63) is 35.6 Å².